The van der Waals surface area contributed by atoms with Crippen LogP contribution in [0.1, 0.15) is 16.7 Å². The van der Waals surface area contributed by atoms with Gasteiger partial charge in [0.2, 0.25) is 0 Å². The maximum atomic E-state index is 10.7. The molecule has 0 aliphatic carbocycles. The van der Waals surface area contributed by atoms with Gasteiger partial charge < -0.3 is 25.2 Å². The fourth-order valence-electron chi connectivity index (χ4n) is 3.15. The molecule has 36 heavy (non-hydrogen) atoms. The Morgan fingerprint density at radius 3 is 1.61 bits per heavy atom. The van der Waals surface area contributed by atoms with E-state index in [9.17, 15) is 5.11 Å². The Morgan fingerprint density at radius 1 is 0.778 bits per heavy atom. The zero-order valence-corrected chi connectivity index (χ0v) is 21.5. The van der Waals surface area contributed by atoms with Gasteiger partial charge in [-0.25, -0.2) is 0 Å². The summed E-state index contributed by atoms with van der Waals surface area (Å²) in [5.41, 5.74) is 8.74. The van der Waals surface area contributed by atoms with E-state index in [1.54, 1.807) is 26.4 Å². The highest BCUT2D eigenvalue weighted by Gasteiger charge is 2.07. The predicted molar refractivity (Wildman–Crippen MR) is 153 cm³/mol. The number of methoxy groups -OCH3 is 2. The molecule has 186 valence electrons. The Balaban J connectivity index is 1.61. The Morgan fingerprint density at radius 2 is 1.19 bits per heavy atom. The van der Waals surface area contributed by atoms with Crippen molar-refractivity contribution < 1.29 is 14.6 Å². The van der Waals surface area contributed by atoms with Crippen LogP contribution in [-0.2, 0) is 0 Å². The molecule has 0 amide bonds. The molecule has 3 aromatic rings. The molecular weight excluding hydrogens is 496 g/mol. The molecule has 0 unspecified atom stereocenters. The number of benzene rings is 3. The van der Waals surface area contributed by atoms with Crippen molar-refractivity contribution in [2.75, 3.05) is 24.9 Å². The van der Waals surface area contributed by atoms with E-state index < -0.39 is 0 Å². The minimum Gasteiger partial charge on any atom is -0.507 e. The van der Waals surface area contributed by atoms with Crippen LogP contribution in [0.4, 0.5) is 11.4 Å². The van der Waals surface area contributed by atoms with E-state index in [0.29, 0.717) is 34.0 Å². The molecule has 11 heteroatoms. The van der Waals surface area contributed by atoms with E-state index in [0.717, 1.165) is 5.56 Å². The summed E-state index contributed by atoms with van der Waals surface area (Å²) in [7, 11) is 3.16. The van der Waals surface area contributed by atoms with E-state index in [1.165, 1.54) is 12.4 Å². The fourth-order valence-corrected chi connectivity index (χ4v) is 3.47. The smallest absolute Gasteiger partial charge is 0.191 e. The maximum Gasteiger partial charge on any atom is 0.191 e. The number of para-hydroxylation sites is 4. The first-order chi connectivity index (χ1) is 17.4. The molecule has 0 radical (unpaired) electrons. The number of hydrogen-bond acceptors (Lipinski definition) is 7. The quantitative estimate of drug-likeness (QED) is 0.167. The lowest BCUT2D eigenvalue weighted by Gasteiger charge is -2.11. The molecule has 0 bridgehead atoms. The van der Waals surface area contributed by atoms with Gasteiger partial charge in [0, 0.05) is 11.1 Å². The van der Waals surface area contributed by atoms with Crippen LogP contribution in [0.25, 0.3) is 0 Å². The second-order valence-corrected chi connectivity index (χ2v) is 8.16. The molecule has 3 rings (SSSR count). The van der Waals surface area contributed by atoms with Gasteiger partial charge in [0.05, 0.1) is 38.0 Å². The molecule has 0 heterocycles. The number of anilines is 2. The predicted octanol–water partition coefficient (Wildman–Crippen LogP) is 4.36. The van der Waals surface area contributed by atoms with E-state index >= 15 is 0 Å². The molecule has 0 atom stereocenters. The minimum absolute atomic E-state index is 0.00362. The molecule has 0 aromatic heterocycles. The van der Waals surface area contributed by atoms with Crippen LogP contribution in [0.2, 0.25) is 0 Å². The van der Waals surface area contributed by atoms with Crippen LogP contribution in [-0.4, -0.2) is 42.0 Å². The first-order valence-electron chi connectivity index (χ1n) is 10.7. The highest BCUT2D eigenvalue weighted by atomic mass is 32.1. The summed E-state index contributed by atoms with van der Waals surface area (Å²) in [5, 5.41) is 25.5. The summed E-state index contributed by atoms with van der Waals surface area (Å²) in [4.78, 5) is 0. The van der Waals surface area contributed by atoms with Crippen LogP contribution in [0.5, 0.6) is 17.2 Å². The highest BCUT2D eigenvalue weighted by molar-refractivity contribution is 7.80. The minimum atomic E-state index is 0.00362. The molecule has 9 nitrogen and oxygen atoms in total. The zero-order valence-electron chi connectivity index (χ0n) is 19.9. The lowest BCUT2D eigenvalue weighted by atomic mass is 10.1. The van der Waals surface area contributed by atoms with Gasteiger partial charge in [0.1, 0.15) is 17.2 Å². The second kappa shape index (κ2) is 13.0. The first kappa shape index (κ1) is 26.4. The molecule has 0 fully saturated rings. The number of nitrogens with one attached hydrogen (secondary N) is 4. The number of hydrazone groups is 2. The molecule has 3 aromatic carbocycles. The third-order valence-corrected chi connectivity index (χ3v) is 5.15. The molecule has 0 aliphatic rings. The van der Waals surface area contributed by atoms with E-state index in [2.05, 4.69) is 31.7 Å². The standard InChI is InChI=1S/C25H26N6O3S2/c1-16-12-17(14-26-30-24(35)28-19-8-4-6-10-21(19)33-2)23(32)18(13-16)15-27-31-25(36)29-20-9-5-7-11-22(20)34-3/h4-15,32H,1-3H3,(H2,28,30,35)(H2,29,31,36)/b26-14-,27-15+. The number of hydrogen-bond donors (Lipinski definition) is 5. The molecular formula is C25H26N6O3S2. The van der Waals surface area contributed by atoms with Crippen LogP contribution in [0.3, 0.4) is 0 Å². The van der Waals surface area contributed by atoms with Crippen molar-refractivity contribution in [3.05, 3.63) is 77.4 Å². The summed E-state index contributed by atoms with van der Waals surface area (Å²) >= 11 is 10.6. The Hall–Kier alpha value is -4.22. The number of aromatic hydroxyl groups is 1. The number of phenolic OH excluding ortho intramolecular Hbond substituents is 1. The average Bonchev–Trinajstić information content (AvgIpc) is 2.87. The first-order valence-corrected chi connectivity index (χ1v) is 11.5. The van der Waals surface area contributed by atoms with Crippen molar-refractivity contribution in [3.8, 4) is 17.2 Å². The van der Waals surface area contributed by atoms with Crippen LogP contribution < -0.4 is 31.0 Å². The summed E-state index contributed by atoms with van der Waals surface area (Å²) in [6, 6.07) is 18.3. The third kappa shape index (κ3) is 7.39. The second-order valence-electron chi connectivity index (χ2n) is 7.34. The number of rotatable bonds is 8. The number of thiocarbonyl (C=S) groups is 2. The topological polar surface area (TPSA) is 112 Å². The van der Waals surface area contributed by atoms with Gasteiger partial charge in [-0.2, -0.15) is 10.2 Å². The Labute approximate surface area is 220 Å². The number of ether oxygens (including phenoxy) is 2. The Bertz CT molecular complexity index is 1200. The molecule has 0 saturated heterocycles. The third-order valence-electron chi connectivity index (χ3n) is 4.76. The fraction of sp³-hybridized carbons (Fsp3) is 0.120. The van der Waals surface area contributed by atoms with Crippen molar-refractivity contribution in [2.45, 2.75) is 6.92 Å². The van der Waals surface area contributed by atoms with Crippen molar-refractivity contribution in [3.63, 3.8) is 0 Å². The Kier molecular flexibility index (Phi) is 9.55. The number of nitrogens with zero attached hydrogens (tertiary/aromatic N) is 2. The van der Waals surface area contributed by atoms with Crippen molar-refractivity contribution in [1.82, 2.24) is 10.9 Å². The van der Waals surface area contributed by atoms with Crippen molar-refractivity contribution in [1.29, 1.82) is 0 Å². The summed E-state index contributed by atoms with van der Waals surface area (Å²) in [6.45, 7) is 1.90. The number of aryl methyl sites for hydroxylation is 1. The lowest BCUT2D eigenvalue weighted by Crippen LogP contribution is -2.24. The van der Waals surface area contributed by atoms with Gasteiger partial charge >= 0.3 is 0 Å². The van der Waals surface area contributed by atoms with Crippen molar-refractivity contribution >= 4 is 58.5 Å². The van der Waals surface area contributed by atoms with Crippen LogP contribution in [0, 0.1) is 6.92 Å². The largest absolute Gasteiger partial charge is 0.507 e. The normalized spacial score (nSPS) is 10.8. The summed E-state index contributed by atoms with van der Waals surface area (Å²) < 4.78 is 10.6. The van der Waals surface area contributed by atoms with E-state index in [-0.39, 0.29) is 16.0 Å². The highest BCUT2D eigenvalue weighted by Crippen LogP contribution is 2.24. The van der Waals surface area contributed by atoms with Gasteiger partial charge in [-0.15, -0.1) is 0 Å². The summed E-state index contributed by atoms with van der Waals surface area (Å²) in [5.74, 6) is 1.30. The molecule has 0 spiro atoms. The summed E-state index contributed by atoms with van der Waals surface area (Å²) in [6.07, 6.45) is 2.94. The van der Waals surface area contributed by atoms with E-state index in [1.807, 2.05) is 55.5 Å². The van der Waals surface area contributed by atoms with Gasteiger partial charge in [0.15, 0.2) is 10.2 Å². The maximum absolute atomic E-state index is 10.7. The van der Waals surface area contributed by atoms with Crippen LogP contribution in [0.15, 0.2) is 70.9 Å². The number of phenols is 1. The molecule has 5 N–H and O–H groups in total. The molecule has 0 saturated carbocycles. The lowest BCUT2D eigenvalue weighted by molar-refractivity contribution is 0.417. The van der Waals surface area contributed by atoms with E-state index in [4.69, 9.17) is 33.9 Å². The van der Waals surface area contributed by atoms with Crippen LogP contribution >= 0.6 is 24.4 Å². The van der Waals surface area contributed by atoms with Gasteiger partial charge in [-0.05, 0) is 73.3 Å². The van der Waals surface area contributed by atoms with Gasteiger partial charge in [0.25, 0.3) is 0 Å². The zero-order chi connectivity index (χ0) is 25.9. The monoisotopic (exact) mass is 522 g/mol. The molecule has 0 aliphatic heterocycles. The van der Waals surface area contributed by atoms with Gasteiger partial charge in [-0.3, -0.25) is 10.9 Å². The SMILES string of the molecule is COc1ccccc1NC(=S)N/N=C\c1cc(C)cc(/C=N/NC(=S)Nc2ccccc2OC)c1O. The van der Waals surface area contributed by atoms with Crippen molar-refractivity contribution in [2.24, 2.45) is 10.2 Å². The van der Waals surface area contributed by atoms with Gasteiger partial charge in [-0.1, -0.05) is 24.3 Å². The average molecular weight is 523 g/mol.